The van der Waals surface area contributed by atoms with Crippen LogP contribution < -0.4 is 4.74 Å². The quantitative estimate of drug-likeness (QED) is 0.695. The van der Waals surface area contributed by atoms with Crippen molar-refractivity contribution in [2.45, 2.75) is 25.8 Å². The fraction of sp³-hybridized carbons (Fsp3) is 0.286. The lowest BCUT2D eigenvalue weighted by molar-refractivity contribution is 0.0735. The molecule has 0 radical (unpaired) electrons. The summed E-state index contributed by atoms with van der Waals surface area (Å²) in [5.41, 5.74) is 2.73. The number of hydrogen-bond acceptors (Lipinski definition) is 4. The van der Waals surface area contributed by atoms with Crippen LogP contribution in [-0.4, -0.2) is 38.7 Å². The van der Waals surface area contributed by atoms with Crippen molar-refractivity contribution in [3.63, 3.8) is 0 Å². The summed E-state index contributed by atoms with van der Waals surface area (Å²) in [6.45, 7) is 3.40. The van der Waals surface area contributed by atoms with E-state index in [2.05, 4.69) is 22.2 Å². The lowest BCUT2D eigenvalue weighted by atomic mass is 10.0. The number of likely N-dealkylation sites (tertiary alicyclic amines) is 1. The molecule has 6 nitrogen and oxygen atoms in total. The zero-order chi connectivity index (χ0) is 18.6. The van der Waals surface area contributed by atoms with Crippen LogP contribution in [0.2, 0.25) is 0 Å². The fourth-order valence-corrected chi connectivity index (χ4v) is 3.57. The Kier molecular flexibility index (Phi) is 4.87. The van der Waals surface area contributed by atoms with Crippen LogP contribution in [0.5, 0.6) is 5.75 Å². The maximum atomic E-state index is 13.1. The molecule has 1 amide bonds. The van der Waals surface area contributed by atoms with E-state index in [1.807, 2.05) is 48.2 Å². The van der Waals surface area contributed by atoms with Gasteiger partial charge in [-0.2, -0.15) is 5.10 Å². The lowest BCUT2D eigenvalue weighted by Crippen LogP contribution is -2.30. The number of amides is 1. The molecule has 1 saturated heterocycles. The summed E-state index contributed by atoms with van der Waals surface area (Å²) in [5.74, 6) is 0.928. The number of benzene rings is 2. The van der Waals surface area contributed by atoms with E-state index < -0.39 is 0 Å². The first-order valence-corrected chi connectivity index (χ1v) is 9.25. The highest BCUT2D eigenvalue weighted by molar-refractivity contribution is 5.94. The van der Waals surface area contributed by atoms with E-state index in [9.17, 15) is 4.79 Å². The monoisotopic (exact) mass is 362 g/mol. The third-order valence-corrected chi connectivity index (χ3v) is 4.89. The van der Waals surface area contributed by atoms with Gasteiger partial charge in [0.05, 0.1) is 18.3 Å². The van der Waals surface area contributed by atoms with Crippen molar-refractivity contribution in [1.82, 2.24) is 19.7 Å². The highest BCUT2D eigenvalue weighted by atomic mass is 16.5. The van der Waals surface area contributed by atoms with Crippen LogP contribution in [-0.2, 0) is 0 Å². The molecule has 1 aromatic heterocycles. The highest BCUT2D eigenvalue weighted by Gasteiger charge is 2.30. The van der Waals surface area contributed by atoms with Crippen LogP contribution in [0, 0.1) is 0 Å². The SMILES string of the molecule is CCOc1ccc([C@@H]2CCCN2C(=O)c2ccc(-n3cncn3)cc2)cc1. The zero-order valence-corrected chi connectivity index (χ0v) is 15.3. The Hall–Kier alpha value is -3.15. The molecular weight excluding hydrogens is 340 g/mol. The Morgan fingerprint density at radius 2 is 1.93 bits per heavy atom. The number of carbonyl (C=O) groups excluding carboxylic acids is 1. The Morgan fingerprint density at radius 3 is 2.59 bits per heavy atom. The standard InChI is InChI=1S/C21H22N4O2/c1-2-27-19-11-7-16(8-12-19)20-4-3-13-24(20)21(26)17-5-9-18(10-6-17)25-15-22-14-23-25/h5-12,14-15,20H,2-4,13H2,1H3/t20-/m0/s1. The molecule has 6 heteroatoms. The largest absolute Gasteiger partial charge is 0.494 e. The van der Waals surface area contributed by atoms with E-state index in [-0.39, 0.29) is 11.9 Å². The summed E-state index contributed by atoms with van der Waals surface area (Å²) in [6, 6.07) is 15.7. The topological polar surface area (TPSA) is 60.2 Å². The number of rotatable bonds is 5. The summed E-state index contributed by atoms with van der Waals surface area (Å²) in [6.07, 6.45) is 5.13. The first-order chi connectivity index (χ1) is 13.3. The fourth-order valence-electron chi connectivity index (χ4n) is 3.57. The molecular formula is C21H22N4O2. The summed E-state index contributed by atoms with van der Waals surface area (Å²) >= 11 is 0. The van der Waals surface area contributed by atoms with Crippen molar-refractivity contribution in [3.8, 4) is 11.4 Å². The van der Waals surface area contributed by atoms with Crippen LogP contribution in [0.4, 0.5) is 0 Å². The van der Waals surface area contributed by atoms with Gasteiger partial charge in [0.1, 0.15) is 18.4 Å². The van der Waals surface area contributed by atoms with E-state index in [1.165, 1.54) is 6.33 Å². The Morgan fingerprint density at radius 1 is 1.15 bits per heavy atom. The van der Waals surface area contributed by atoms with E-state index in [1.54, 1.807) is 11.0 Å². The minimum absolute atomic E-state index is 0.0662. The van der Waals surface area contributed by atoms with Crippen LogP contribution >= 0.6 is 0 Å². The molecule has 138 valence electrons. The molecule has 1 aliphatic rings. The number of aromatic nitrogens is 3. The first kappa shape index (κ1) is 17.3. The minimum atomic E-state index is 0.0662. The second kappa shape index (κ2) is 7.61. The smallest absolute Gasteiger partial charge is 0.254 e. The predicted molar refractivity (Wildman–Crippen MR) is 102 cm³/mol. The molecule has 1 aliphatic heterocycles. The number of hydrogen-bond donors (Lipinski definition) is 0. The minimum Gasteiger partial charge on any atom is -0.494 e. The number of carbonyl (C=O) groups is 1. The van der Waals surface area contributed by atoms with Crippen molar-refractivity contribution in [2.24, 2.45) is 0 Å². The Bertz CT molecular complexity index is 889. The Labute approximate surface area is 158 Å². The third-order valence-electron chi connectivity index (χ3n) is 4.89. The van der Waals surface area contributed by atoms with Gasteiger partial charge in [-0.1, -0.05) is 12.1 Å². The molecule has 27 heavy (non-hydrogen) atoms. The molecule has 1 atom stereocenters. The van der Waals surface area contributed by atoms with Gasteiger partial charge in [0.25, 0.3) is 5.91 Å². The molecule has 1 fully saturated rings. The molecule has 0 bridgehead atoms. The molecule has 3 aromatic rings. The van der Waals surface area contributed by atoms with E-state index >= 15 is 0 Å². The van der Waals surface area contributed by atoms with Gasteiger partial charge in [0, 0.05) is 12.1 Å². The average Bonchev–Trinajstić information content (AvgIpc) is 3.41. The Balaban J connectivity index is 1.52. The van der Waals surface area contributed by atoms with Gasteiger partial charge in [-0.25, -0.2) is 9.67 Å². The normalized spacial score (nSPS) is 16.5. The molecule has 0 aliphatic carbocycles. The van der Waals surface area contributed by atoms with Crippen LogP contribution in [0.3, 0.4) is 0 Å². The van der Waals surface area contributed by atoms with E-state index in [0.29, 0.717) is 12.2 Å². The molecule has 0 spiro atoms. The van der Waals surface area contributed by atoms with Gasteiger partial charge in [-0.05, 0) is 61.7 Å². The van der Waals surface area contributed by atoms with Crippen molar-refractivity contribution >= 4 is 5.91 Å². The van der Waals surface area contributed by atoms with Gasteiger partial charge in [-0.15, -0.1) is 0 Å². The molecule has 4 rings (SSSR count). The molecule has 2 heterocycles. The van der Waals surface area contributed by atoms with Crippen LogP contribution in [0.15, 0.2) is 61.2 Å². The zero-order valence-electron chi connectivity index (χ0n) is 15.3. The van der Waals surface area contributed by atoms with Gasteiger partial charge < -0.3 is 9.64 Å². The maximum absolute atomic E-state index is 13.1. The second-order valence-corrected chi connectivity index (χ2v) is 6.55. The lowest BCUT2D eigenvalue weighted by Gasteiger charge is -2.25. The van der Waals surface area contributed by atoms with Crippen molar-refractivity contribution in [2.75, 3.05) is 13.2 Å². The van der Waals surface area contributed by atoms with Gasteiger partial charge in [-0.3, -0.25) is 4.79 Å². The summed E-state index contributed by atoms with van der Waals surface area (Å²) in [7, 11) is 0. The van der Waals surface area contributed by atoms with Crippen molar-refractivity contribution in [1.29, 1.82) is 0 Å². The third kappa shape index (κ3) is 3.56. The highest BCUT2D eigenvalue weighted by Crippen LogP contribution is 2.34. The maximum Gasteiger partial charge on any atom is 0.254 e. The molecule has 0 N–H and O–H groups in total. The van der Waals surface area contributed by atoms with E-state index in [4.69, 9.17) is 4.74 Å². The number of ether oxygens (including phenoxy) is 1. The van der Waals surface area contributed by atoms with Gasteiger partial charge in [0.2, 0.25) is 0 Å². The summed E-state index contributed by atoms with van der Waals surface area (Å²) in [4.78, 5) is 19.0. The summed E-state index contributed by atoms with van der Waals surface area (Å²) < 4.78 is 7.19. The predicted octanol–water partition coefficient (Wildman–Crippen LogP) is 3.64. The first-order valence-electron chi connectivity index (χ1n) is 9.25. The second-order valence-electron chi connectivity index (χ2n) is 6.55. The van der Waals surface area contributed by atoms with E-state index in [0.717, 1.165) is 36.4 Å². The summed E-state index contributed by atoms with van der Waals surface area (Å²) in [5, 5.41) is 4.11. The van der Waals surface area contributed by atoms with Crippen LogP contribution in [0.1, 0.15) is 41.7 Å². The average molecular weight is 362 g/mol. The van der Waals surface area contributed by atoms with Crippen molar-refractivity contribution < 1.29 is 9.53 Å². The van der Waals surface area contributed by atoms with Crippen molar-refractivity contribution in [3.05, 3.63) is 72.3 Å². The number of nitrogens with zero attached hydrogens (tertiary/aromatic N) is 4. The van der Waals surface area contributed by atoms with Gasteiger partial charge >= 0.3 is 0 Å². The van der Waals surface area contributed by atoms with Gasteiger partial charge in [0.15, 0.2) is 0 Å². The molecule has 0 saturated carbocycles. The van der Waals surface area contributed by atoms with Crippen LogP contribution in [0.25, 0.3) is 5.69 Å². The molecule has 0 unspecified atom stereocenters. The molecule has 2 aromatic carbocycles.